The molecule has 2 rings (SSSR count). The van der Waals surface area contributed by atoms with Gasteiger partial charge >= 0.3 is 0 Å². The molecule has 0 heterocycles. The molecule has 0 saturated heterocycles. The van der Waals surface area contributed by atoms with Crippen LogP contribution in [0.5, 0.6) is 0 Å². The highest BCUT2D eigenvalue weighted by Crippen LogP contribution is 2.53. The second-order valence-corrected chi connectivity index (χ2v) is 5.51. The maximum Gasteiger partial charge on any atom is 0.248 e. The van der Waals surface area contributed by atoms with Crippen molar-refractivity contribution < 1.29 is 13.6 Å². The van der Waals surface area contributed by atoms with Crippen LogP contribution in [0.1, 0.15) is 39.5 Å². The number of halogens is 2. The van der Waals surface area contributed by atoms with Gasteiger partial charge in [-0.2, -0.15) is 0 Å². The minimum absolute atomic E-state index is 0.0134. The van der Waals surface area contributed by atoms with Gasteiger partial charge < -0.3 is 0 Å². The van der Waals surface area contributed by atoms with Gasteiger partial charge in [-0.05, 0) is 24.7 Å². The topological polar surface area (TPSA) is 17.1 Å². The lowest BCUT2D eigenvalue weighted by Gasteiger charge is -2.15. The molecule has 2 saturated carbocycles. The molecule has 0 N–H and O–H groups in total. The number of hydrogen-bond donors (Lipinski definition) is 0. The van der Waals surface area contributed by atoms with Crippen LogP contribution in [0.3, 0.4) is 0 Å². The van der Waals surface area contributed by atoms with E-state index in [1.807, 2.05) is 13.8 Å². The SMILES string of the molecule is CC(C)C(=O)C1C[C@@H]2CC(F)(F)C[C@@H]2C1. The van der Waals surface area contributed by atoms with Crippen molar-refractivity contribution in [2.24, 2.45) is 23.7 Å². The Balaban J connectivity index is 1.97. The van der Waals surface area contributed by atoms with Crippen molar-refractivity contribution >= 4 is 5.78 Å². The first-order chi connectivity index (χ1) is 6.89. The smallest absolute Gasteiger partial charge is 0.248 e. The van der Waals surface area contributed by atoms with E-state index in [1.165, 1.54) is 0 Å². The Hall–Kier alpha value is -0.470. The van der Waals surface area contributed by atoms with Gasteiger partial charge in [-0.15, -0.1) is 0 Å². The van der Waals surface area contributed by atoms with Gasteiger partial charge in [0.05, 0.1) is 0 Å². The lowest BCUT2D eigenvalue weighted by molar-refractivity contribution is -0.126. The monoisotopic (exact) mass is 216 g/mol. The van der Waals surface area contributed by atoms with Crippen LogP contribution < -0.4 is 0 Å². The molecule has 0 amide bonds. The predicted octanol–water partition coefficient (Wildman–Crippen LogP) is 3.28. The van der Waals surface area contributed by atoms with Gasteiger partial charge in [-0.25, -0.2) is 8.78 Å². The summed E-state index contributed by atoms with van der Waals surface area (Å²) in [7, 11) is 0. The molecule has 0 aliphatic heterocycles. The van der Waals surface area contributed by atoms with Gasteiger partial charge in [0.2, 0.25) is 5.92 Å². The third kappa shape index (κ3) is 2.06. The highest BCUT2D eigenvalue weighted by atomic mass is 19.3. The summed E-state index contributed by atoms with van der Waals surface area (Å²) in [6, 6.07) is 0. The van der Waals surface area contributed by atoms with Crippen LogP contribution in [0.2, 0.25) is 0 Å². The third-order valence-electron chi connectivity index (χ3n) is 3.93. The molecule has 15 heavy (non-hydrogen) atoms. The number of ketones is 1. The Kier molecular flexibility index (Phi) is 2.60. The average Bonchev–Trinajstić information content (AvgIpc) is 2.55. The number of alkyl halides is 2. The van der Waals surface area contributed by atoms with Crippen LogP contribution in [-0.2, 0) is 4.79 Å². The molecule has 3 heteroatoms. The zero-order valence-electron chi connectivity index (χ0n) is 9.30. The standard InChI is InChI=1S/C12H18F2O/c1-7(2)11(15)8-3-9-5-12(13,14)6-10(9)4-8/h7-10H,3-6H2,1-2H3/t8?,9-,10+. The number of carbonyl (C=O) groups excluding carboxylic acids is 1. The molecule has 86 valence electrons. The molecule has 0 bridgehead atoms. The Morgan fingerprint density at radius 2 is 1.67 bits per heavy atom. The maximum absolute atomic E-state index is 13.1. The van der Waals surface area contributed by atoms with E-state index < -0.39 is 5.92 Å². The van der Waals surface area contributed by atoms with Gasteiger partial charge in [0.1, 0.15) is 5.78 Å². The van der Waals surface area contributed by atoms with Gasteiger partial charge in [0.25, 0.3) is 0 Å². The van der Waals surface area contributed by atoms with Gasteiger partial charge in [0.15, 0.2) is 0 Å². The van der Waals surface area contributed by atoms with Crippen molar-refractivity contribution in [3.05, 3.63) is 0 Å². The summed E-state index contributed by atoms with van der Waals surface area (Å²) in [6.45, 7) is 3.79. The fourth-order valence-corrected chi connectivity index (χ4v) is 3.27. The highest BCUT2D eigenvalue weighted by Gasteiger charge is 2.51. The summed E-state index contributed by atoms with van der Waals surface area (Å²) >= 11 is 0. The fraction of sp³-hybridized carbons (Fsp3) is 0.917. The van der Waals surface area contributed by atoms with E-state index in [2.05, 4.69) is 0 Å². The van der Waals surface area contributed by atoms with Crippen LogP contribution >= 0.6 is 0 Å². The largest absolute Gasteiger partial charge is 0.299 e. The summed E-state index contributed by atoms with van der Waals surface area (Å²) in [6.07, 6.45) is 1.44. The molecule has 0 aromatic heterocycles. The van der Waals surface area contributed by atoms with Gasteiger partial charge in [-0.3, -0.25) is 4.79 Å². The number of Topliss-reactive ketones (excluding diaryl/α,β-unsaturated/α-hetero) is 1. The van der Waals surface area contributed by atoms with Crippen molar-refractivity contribution in [1.82, 2.24) is 0 Å². The van der Waals surface area contributed by atoms with E-state index in [4.69, 9.17) is 0 Å². The molecule has 2 fully saturated rings. The Bertz CT molecular complexity index is 257. The lowest BCUT2D eigenvalue weighted by atomic mass is 9.91. The quantitative estimate of drug-likeness (QED) is 0.692. The number of hydrogen-bond acceptors (Lipinski definition) is 1. The van der Waals surface area contributed by atoms with Gasteiger partial charge in [0, 0.05) is 24.7 Å². The van der Waals surface area contributed by atoms with Crippen LogP contribution in [0, 0.1) is 23.7 Å². The first-order valence-electron chi connectivity index (χ1n) is 5.80. The molecular formula is C12H18F2O. The Morgan fingerprint density at radius 1 is 1.20 bits per heavy atom. The van der Waals surface area contributed by atoms with Crippen molar-refractivity contribution in [3.63, 3.8) is 0 Å². The van der Waals surface area contributed by atoms with Crippen LogP contribution in [0.25, 0.3) is 0 Å². The van der Waals surface area contributed by atoms with E-state index >= 15 is 0 Å². The summed E-state index contributed by atoms with van der Waals surface area (Å²) in [5, 5.41) is 0. The molecule has 1 unspecified atom stereocenters. The summed E-state index contributed by atoms with van der Waals surface area (Å²) in [4.78, 5) is 11.8. The van der Waals surface area contributed by atoms with Crippen LogP contribution in [-0.4, -0.2) is 11.7 Å². The van der Waals surface area contributed by atoms with Crippen molar-refractivity contribution in [2.75, 3.05) is 0 Å². The first kappa shape index (κ1) is 11.0. The second kappa shape index (κ2) is 3.53. The fourth-order valence-electron chi connectivity index (χ4n) is 3.27. The molecule has 0 spiro atoms. The highest BCUT2D eigenvalue weighted by molar-refractivity contribution is 5.83. The lowest BCUT2D eigenvalue weighted by Crippen LogP contribution is -2.20. The van der Waals surface area contributed by atoms with Crippen molar-refractivity contribution in [1.29, 1.82) is 0 Å². The number of carbonyl (C=O) groups is 1. The van der Waals surface area contributed by atoms with Crippen molar-refractivity contribution in [3.8, 4) is 0 Å². The molecule has 3 atom stereocenters. The molecule has 0 aromatic rings. The summed E-state index contributed by atoms with van der Waals surface area (Å²) < 4.78 is 26.1. The van der Waals surface area contributed by atoms with E-state index in [-0.39, 0.29) is 42.3 Å². The molecule has 0 radical (unpaired) electrons. The Labute approximate surface area is 89.2 Å². The van der Waals surface area contributed by atoms with E-state index in [1.54, 1.807) is 0 Å². The van der Waals surface area contributed by atoms with Gasteiger partial charge in [-0.1, -0.05) is 13.8 Å². The third-order valence-corrected chi connectivity index (χ3v) is 3.93. The first-order valence-corrected chi connectivity index (χ1v) is 5.80. The Morgan fingerprint density at radius 3 is 2.07 bits per heavy atom. The van der Waals surface area contributed by atoms with Crippen LogP contribution in [0.15, 0.2) is 0 Å². The zero-order chi connectivity index (χ0) is 11.2. The molecule has 1 nitrogen and oxygen atoms in total. The number of rotatable bonds is 2. The van der Waals surface area contributed by atoms with E-state index in [9.17, 15) is 13.6 Å². The van der Waals surface area contributed by atoms with Crippen molar-refractivity contribution in [2.45, 2.75) is 45.5 Å². The maximum atomic E-state index is 13.1. The normalized spacial score (nSPS) is 38.3. The molecule has 0 aromatic carbocycles. The van der Waals surface area contributed by atoms with E-state index in [0.717, 1.165) is 0 Å². The van der Waals surface area contributed by atoms with E-state index in [0.29, 0.717) is 12.8 Å². The zero-order valence-corrected chi connectivity index (χ0v) is 9.30. The predicted molar refractivity (Wildman–Crippen MR) is 53.7 cm³/mol. The molecular weight excluding hydrogens is 198 g/mol. The molecule has 2 aliphatic carbocycles. The average molecular weight is 216 g/mol. The number of fused-ring (bicyclic) bond motifs is 1. The second-order valence-electron chi connectivity index (χ2n) is 5.51. The summed E-state index contributed by atoms with van der Waals surface area (Å²) in [5.74, 6) is -1.86. The van der Waals surface area contributed by atoms with Crippen LogP contribution in [0.4, 0.5) is 8.78 Å². The minimum Gasteiger partial charge on any atom is -0.299 e. The molecule has 2 aliphatic rings. The summed E-state index contributed by atoms with van der Waals surface area (Å²) in [5.41, 5.74) is 0. The minimum atomic E-state index is -2.46.